The van der Waals surface area contributed by atoms with Gasteiger partial charge in [0.15, 0.2) is 0 Å². The summed E-state index contributed by atoms with van der Waals surface area (Å²) < 4.78 is 0. The van der Waals surface area contributed by atoms with Crippen LogP contribution in [0, 0.1) is 5.92 Å². The fraction of sp³-hybridized carbons (Fsp3) is 0.923. The Bertz CT molecular complexity index is 286. The Morgan fingerprint density at radius 2 is 2.06 bits per heavy atom. The van der Waals surface area contributed by atoms with Gasteiger partial charge in [-0.05, 0) is 51.6 Å². The first kappa shape index (κ1) is 12.8. The van der Waals surface area contributed by atoms with Crippen LogP contribution in [-0.2, 0) is 4.79 Å². The summed E-state index contributed by atoms with van der Waals surface area (Å²) in [4.78, 5) is 14.3. The fourth-order valence-electron chi connectivity index (χ4n) is 2.83. The number of amides is 1. The molecule has 0 aromatic rings. The molecule has 0 bridgehead atoms. The van der Waals surface area contributed by atoms with Gasteiger partial charge in [-0.2, -0.15) is 0 Å². The lowest BCUT2D eigenvalue weighted by Gasteiger charge is -2.36. The van der Waals surface area contributed by atoms with Crippen molar-refractivity contribution in [2.45, 2.75) is 50.6 Å². The average Bonchev–Trinajstić information content (AvgIpc) is 3.17. The first-order chi connectivity index (χ1) is 8.14. The molecule has 0 saturated heterocycles. The van der Waals surface area contributed by atoms with Crippen LogP contribution in [0.2, 0.25) is 0 Å². The monoisotopic (exact) mass is 239 g/mol. The molecular weight excluding hydrogens is 214 g/mol. The van der Waals surface area contributed by atoms with Crippen LogP contribution in [-0.4, -0.2) is 42.5 Å². The summed E-state index contributed by atoms with van der Waals surface area (Å²) in [5, 5.41) is 3.23. The Hall–Kier alpha value is -0.610. The van der Waals surface area contributed by atoms with Crippen molar-refractivity contribution in [3.8, 4) is 0 Å². The van der Waals surface area contributed by atoms with Crippen LogP contribution < -0.4 is 11.1 Å². The van der Waals surface area contributed by atoms with E-state index in [0.29, 0.717) is 12.0 Å². The average molecular weight is 239 g/mol. The van der Waals surface area contributed by atoms with Crippen LogP contribution in [0.1, 0.15) is 39.0 Å². The van der Waals surface area contributed by atoms with E-state index in [1.807, 2.05) is 7.05 Å². The lowest BCUT2D eigenvalue weighted by atomic mass is 9.91. The highest BCUT2D eigenvalue weighted by atomic mass is 16.1. The molecule has 4 heteroatoms. The summed E-state index contributed by atoms with van der Waals surface area (Å²) in [5.74, 6) is 0.271. The molecule has 1 amide bonds. The summed E-state index contributed by atoms with van der Waals surface area (Å²) in [6, 6.07) is 0.695. The second-order valence-electron chi connectivity index (χ2n) is 5.56. The van der Waals surface area contributed by atoms with Crippen LogP contribution in [0.15, 0.2) is 0 Å². The van der Waals surface area contributed by atoms with E-state index in [1.54, 1.807) is 0 Å². The number of carbonyl (C=O) groups is 1. The summed E-state index contributed by atoms with van der Waals surface area (Å²) in [7, 11) is 1.88. The fourth-order valence-corrected chi connectivity index (χ4v) is 2.83. The van der Waals surface area contributed by atoms with E-state index in [2.05, 4.69) is 17.1 Å². The molecule has 17 heavy (non-hydrogen) atoms. The van der Waals surface area contributed by atoms with Gasteiger partial charge < -0.3 is 11.1 Å². The van der Waals surface area contributed by atoms with E-state index >= 15 is 0 Å². The van der Waals surface area contributed by atoms with Gasteiger partial charge in [-0.25, -0.2) is 0 Å². The zero-order chi connectivity index (χ0) is 12.5. The highest BCUT2D eigenvalue weighted by Gasteiger charge is 2.50. The van der Waals surface area contributed by atoms with Crippen LogP contribution in [0.5, 0.6) is 0 Å². The van der Waals surface area contributed by atoms with Gasteiger partial charge in [0.25, 0.3) is 0 Å². The third-order valence-corrected chi connectivity index (χ3v) is 4.19. The Morgan fingerprint density at radius 3 is 2.41 bits per heavy atom. The van der Waals surface area contributed by atoms with Gasteiger partial charge in [0.05, 0.1) is 0 Å². The molecule has 0 aromatic heterocycles. The molecule has 0 radical (unpaired) electrons. The number of primary amides is 1. The van der Waals surface area contributed by atoms with Crippen molar-refractivity contribution in [1.82, 2.24) is 10.2 Å². The van der Waals surface area contributed by atoms with E-state index in [9.17, 15) is 4.79 Å². The van der Waals surface area contributed by atoms with Gasteiger partial charge in [-0.3, -0.25) is 9.69 Å². The molecule has 2 aliphatic rings. The Kier molecular flexibility index (Phi) is 3.73. The minimum atomic E-state index is -0.488. The highest BCUT2D eigenvalue weighted by molar-refractivity contribution is 5.86. The third kappa shape index (κ3) is 2.63. The maximum absolute atomic E-state index is 11.8. The second kappa shape index (κ2) is 4.94. The van der Waals surface area contributed by atoms with Crippen molar-refractivity contribution in [2.75, 3.05) is 20.1 Å². The first-order valence-electron chi connectivity index (χ1n) is 6.87. The van der Waals surface area contributed by atoms with Crippen LogP contribution in [0.3, 0.4) is 0 Å². The maximum atomic E-state index is 11.8. The lowest BCUT2D eigenvalue weighted by Crippen LogP contribution is -2.62. The topological polar surface area (TPSA) is 58.4 Å². The molecule has 2 saturated carbocycles. The van der Waals surface area contributed by atoms with E-state index in [-0.39, 0.29) is 5.91 Å². The third-order valence-electron chi connectivity index (χ3n) is 4.19. The number of nitrogens with two attached hydrogens (primary N) is 1. The molecule has 4 nitrogen and oxygen atoms in total. The van der Waals surface area contributed by atoms with E-state index in [1.165, 1.54) is 12.8 Å². The number of carbonyl (C=O) groups excluding carboxylic acids is 1. The number of hydrogen-bond donors (Lipinski definition) is 2. The minimum absolute atomic E-state index is 0.177. The summed E-state index contributed by atoms with van der Waals surface area (Å²) in [5.41, 5.74) is 5.17. The normalized spacial score (nSPS) is 23.7. The Balaban J connectivity index is 2.06. The van der Waals surface area contributed by atoms with Gasteiger partial charge in [-0.15, -0.1) is 0 Å². The Labute approximate surface area is 104 Å². The van der Waals surface area contributed by atoms with Crippen molar-refractivity contribution in [2.24, 2.45) is 11.7 Å². The number of rotatable bonds is 8. The van der Waals surface area contributed by atoms with Crippen molar-refractivity contribution in [1.29, 1.82) is 0 Å². The number of likely N-dealkylation sites (N-methyl/N-ethyl adjacent to an activating group) is 1. The molecule has 2 rings (SSSR count). The summed E-state index contributed by atoms with van der Waals surface area (Å²) in [6.07, 6.45) is 5.97. The molecule has 1 unspecified atom stereocenters. The first-order valence-corrected chi connectivity index (χ1v) is 6.87. The van der Waals surface area contributed by atoms with Crippen molar-refractivity contribution >= 4 is 5.91 Å². The standard InChI is InChI=1S/C13H25N3O/c1-3-8-16(11-6-7-11)9-13(15-2,12(14)17)10-4-5-10/h10-11,15H,3-9H2,1-2H3,(H2,14,17). The SMILES string of the molecule is CCCN(CC(NC)(C(N)=O)C1CC1)C1CC1. The summed E-state index contributed by atoms with van der Waals surface area (Å²) >= 11 is 0. The van der Waals surface area contributed by atoms with Crippen molar-refractivity contribution < 1.29 is 4.79 Å². The van der Waals surface area contributed by atoms with E-state index < -0.39 is 5.54 Å². The predicted octanol–water partition coefficient (Wildman–Crippen LogP) is 0.714. The molecule has 0 aromatic carbocycles. The maximum Gasteiger partial charge on any atom is 0.239 e. The molecule has 1 atom stereocenters. The van der Waals surface area contributed by atoms with Crippen LogP contribution in [0.4, 0.5) is 0 Å². The smallest absolute Gasteiger partial charge is 0.239 e. The van der Waals surface area contributed by atoms with Crippen molar-refractivity contribution in [3.05, 3.63) is 0 Å². The molecule has 0 aliphatic heterocycles. The van der Waals surface area contributed by atoms with Crippen LogP contribution >= 0.6 is 0 Å². The molecule has 0 spiro atoms. The molecular formula is C13H25N3O. The molecule has 3 N–H and O–H groups in total. The van der Waals surface area contributed by atoms with Crippen molar-refractivity contribution in [3.63, 3.8) is 0 Å². The number of nitrogens with zero attached hydrogens (tertiary/aromatic N) is 1. The van der Waals surface area contributed by atoms with Gasteiger partial charge in [-0.1, -0.05) is 6.92 Å². The molecule has 2 aliphatic carbocycles. The van der Waals surface area contributed by atoms with Crippen LogP contribution in [0.25, 0.3) is 0 Å². The zero-order valence-electron chi connectivity index (χ0n) is 11.0. The molecule has 2 fully saturated rings. The van der Waals surface area contributed by atoms with Gasteiger partial charge >= 0.3 is 0 Å². The van der Waals surface area contributed by atoms with Gasteiger partial charge in [0, 0.05) is 12.6 Å². The molecule has 98 valence electrons. The zero-order valence-corrected chi connectivity index (χ0v) is 11.0. The van der Waals surface area contributed by atoms with E-state index in [4.69, 9.17) is 5.73 Å². The highest BCUT2D eigenvalue weighted by Crippen LogP contribution is 2.41. The number of hydrogen-bond acceptors (Lipinski definition) is 3. The summed E-state index contributed by atoms with van der Waals surface area (Å²) in [6.45, 7) is 4.06. The Morgan fingerprint density at radius 1 is 1.41 bits per heavy atom. The van der Waals surface area contributed by atoms with E-state index in [0.717, 1.165) is 32.4 Å². The van der Waals surface area contributed by atoms with Gasteiger partial charge in [0.2, 0.25) is 5.91 Å². The largest absolute Gasteiger partial charge is 0.368 e. The lowest BCUT2D eigenvalue weighted by molar-refractivity contribution is -0.126. The minimum Gasteiger partial charge on any atom is -0.368 e. The quantitative estimate of drug-likeness (QED) is 0.656. The second-order valence-corrected chi connectivity index (χ2v) is 5.56. The molecule has 0 heterocycles. The predicted molar refractivity (Wildman–Crippen MR) is 68.6 cm³/mol. The number of nitrogens with one attached hydrogen (secondary N) is 1. The van der Waals surface area contributed by atoms with Gasteiger partial charge in [0.1, 0.15) is 5.54 Å².